The fraction of sp³-hybridized carbons (Fsp3) is 0. The van der Waals surface area contributed by atoms with E-state index < -0.39 is 0 Å². The molecular formula is C46H20B2N4O3Pt2S2-6. The second-order valence-corrected chi connectivity index (χ2v) is 16.3. The van der Waals surface area contributed by atoms with E-state index in [1.807, 2.05) is 71.7 Å². The maximum absolute atomic E-state index is 6.47. The minimum Gasteiger partial charge on any atom is -0.631 e. The molecule has 7 nitrogen and oxygen atoms in total. The molecule has 7 heterocycles. The molecule has 4 aliphatic heterocycles. The van der Waals surface area contributed by atoms with Gasteiger partial charge >= 0.3 is 0 Å². The van der Waals surface area contributed by atoms with Crippen LogP contribution in [-0.4, -0.2) is 33.0 Å². The molecule has 286 valence electrons. The van der Waals surface area contributed by atoms with Crippen molar-refractivity contribution in [2.24, 2.45) is 0 Å². The van der Waals surface area contributed by atoms with E-state index in [-0.39, 0.29) is 55.6 Å². The largest absolute Gasteiger partial charge is 0.631 e. The molecule has 0 aliphatic carbocycles. The van der Waals surface area contributed by atoms with Gasteiger partial charge < -0.3 is 31.1 Å². The molecule has 13 rings (SSSR count). The van der Waals surface area contributed by atoms with Crippen molar-refractivity contribution >= 4 is 69.7 Å². The van der Waals surface area contributed by atoms with Crippen LogP contribution in [-0.2, 0) is 42.1 Å². The first-order chi connectivity index (χ1) is 28.2. The van der Waals surface area contributed by atoms with Crippen molar-refractivity contribution in [3.05, 3.63) is 158 Å². The number of hydrogen-bond donors (Lipinski definition) is 0. The van der Waals surface area contributed by atoms with Crippen LogP contribution in [0, 0.1) is 36.6 Å². The van der Waals surface area contributed by atoms with Gasteiger partial charge in [-0.1, -0.05) is 22.8 Å². The molecule has 4 aliphatic rings. The van der Waals surface area contributed by atoms with Crippen LogP contribution in [0.2, 0.25) is 0 Å². The van der Waals surface area contributed by atoms with Crippen molar-refractivity contribution in [3.8, 4) is 56.8 Å². The summed E-state index contributed by atoms with van der Waals surface area (Å²) in [5, 5.41) is 8.93. The Bertz CT molecular complexity index is 2900. The molecule has 9 aromatic rings. The number of rotatable bonds is 4. The zero-order valence-electron chi connectivity index (χ0n) is 30.2. The molecule has 0 N–H and O–H groups in total. The second kappa shape index (κ2) is 14.2. The summed E-state index contributed by atoms with van der Waals surface area (Å²) in [6, 6.07) is 51.1. The van der Waals surface area contributed by atoms with Crippen molar-refractivity contribution in [1.82, 2.24) is 19.6 Å². The summed E-state index contributed by atoms with van der Waals surface area (Å²) in [4.78, 5) is 4.85. The molecule has 13 heteroatoms. The van der Waals surface area contributed by atoms with Gasteiger partial charge in [0, 0.05) is 83.9 Å². The van der Waals surface area contributed by atoms with Crippen molar-refractivity contribution in [2.75, 3.05) is 0 Å². The Balaban J connectivity index is 0.00000198. The molecular weight excluding hydrogens is 1130 g/mol. The maximum Gasteiger partial charge on any atom is 0.212 e. The van der Waals surface area contributed by atoms with Crippen molar-refractivity contribution in [1.29, 1.82) is 0 Å². The van der Waals surface area contributed by atoms with Crippen LogP contribution < -0.4 is 42.3 Å². The summed E-state index contributed by atoms with van der Waals surface area (Å²) < 4.78 is 22.7. The summed E-state index contributed by atoms with van der Waals surface area (Å²) in [6.07, 6.45) is 10.5. The Hall–Kier alpha value is -5.17. The van der Waals surface area contributed by atoms with E-state index in [0.717, 1.165) is 77.7 Å². The third-order valence-electron chi connectivity index (χ3n) is 10.9. The minimum absolute atomic E-state index is 0. The topological polar surface area (TPSA) is 67.2 Å². The van der Waals surface area contributed by atoms with Gasteiger partial charge in [0.1, 0.15) is 11.5 Å². The number of hydrogen-bond acceptors (Lipinski definition) is 7. The Labute approximate surface area is 377 Å². The number of fused-ring (bicyclic) bond motifs is 8. The molecule has 0 unspecified atom stereocenters. The number of aromatic nitrogens is 4. The SMILES string of the molecule is [Pt].[Pt].[c-]1oc(-c2[c-]c3c(cc2)Sc2cccc4c2B3c2[c-]c(-n3cccn3)ccc2S4)[c-]c1-c1[c-]c2c(cc1)Oc1cccc3c1B2c1[c-]c(-n2cccn2)ccc1O3. The average Bonchev–Trinajstić information content (AvgIpc) is 4.08. The van der Waals surface area contributed by atoms with Crippen LogP contribution >= 0.6 is 23.5 Å². The first-order valence-electron chi connectivity index (χ1n) is 18.4. The molecule has 0 saturated heterocycles. The van der Waals surface area contributed by atoms with Crippen LogP contribution in [0.15, 0.2) is 146 Å². The molecule has 0 spiro atoms. The summed E-state index contributed by atoms with van der Waals surface area (Å²) >= 11 is 3.58. The third kappa shape index (κ3) is 5.77. The fourth-order valence-corrected chi connectivity index (χ4v) is 10.7. The standard InChI is InChI=1S/C46H20B2N4O3S2.2Pt/c1-5-38-45-39(6-1)55-37-14-11-30(51-19-3-17-49-51)24-33(37)47(45)32-21-27(9-13-36(32)54-38)29-23-40(53-26-29)28-10-15-41-34(22-28)48-35-25-31(52-20-4-18-50-52)12-16-42(35)57-44-8-2-7-43(56-41)46(44)48;;/h1-20H;;/q-6;;. The average molecular weight is 1150 g/mol. The molecule has 0 radical (unpaired) electrons. The van der Waals surface area contributed by atoms with E-state index in [4.69, 9.17) is 13.9 Å². The van der Waals surface area contributed by atoms with Crippen molar-refractivity contribution in [3.63, 3.8) is 0 Å². The third-order valence-corrected chi connectivity index (χ3v) is 13.2. The molecule has 0 fully saturated rings. The molecule has 0 saturated carbocycles. The van der Waals surface area contributed by atoms with Gasteiger partial charge in [0.2, 0.25) is 13.4 Å². The first-order valence-corrected chi connectivity index (χ1v) is 20.0. The van der Waals surface area contributed by atoms with E-state index in [1.165, 1.54) is 20.1 Å². The normalized spacial score (nSPS) is 13.2. The smallest absolute Gasteiger partial charge is 0.212 e. The summed E-state index contributed by atoms with van der Waals surface area (Å²) in [5.41, 5.74) is 10.2. The van der Waals surface area contributed by atoms with Gasteiger partial charge in [-0.25, -0.2) is 12.1 Å². The van der Waals surface area contributed by atoms with Crippen LogP contribution in [0.4, 0.5) is 0 Å². The van der Waals surface area contributed by atoms with E-state index >= 15 is 0 Å². The van der Waals surface area contributed by atoms with Gasteiger partial charge in [-0.15, -0.1) is 87.3 Å². The van der Waals surface area contributed by atoms with E-state index in [9.17, 15) is 0 Å². The van der Waals surface area contributed by atoms with E-state index in [1.54, 1.807) is 40.6 Å². The molecule has 59 heavy (non-hydrogen) atoms. The van der Waals surface area contributed by atoms with Crippen molar-refractivity contribution in [2.45, 2.75) is 19.6 Å². The predicted molar refractivity (Wildman–Crippen MR) is 220 cm³/mol. The molecule has 0 bridgehead atoms. The van der Waals surface area contributed by atoms with Crippen LogP contribution in [0.3, 0.4) is 0 Å². The van der Waals surface area contributed by atoms with Crippen LogP contribution in [0.5, 0.6) is 23.0 Å². The van der Waals surface area contributed by atoms with Gasteiger partial charge in [-0.3, -0.25) is 9.36 Å². The van der Waals surface area contributed by atoms with Gasteiger partial charge in [0.15, 0.2) is 0 Å². The summed E-state index contributed by atoms with van der Waals surface area (Å²) in [6.45, 7) is -0.279. The van der Waals surface area contributed by atoms with Gasteiger partial charge in [-0.05, 0) is 63.0 Å². The monoisotopic (exact) mass is 1150 g/mol. The molecule has 3 aromatic heterocycles. The minimum atomic E-state index is -0.230. The second-order valence-electron chi connectivity index (χ2n) is 14.1. The molecule has 0 amide bonds. The van der Waals surface area contributed by atoms with E-state index in [2.05, 4.69) is 89.3 Å². The van der Waals surface area contributed by atoms with Crippen molar-refractivity contribution < 1.29 is 56.0 Å². The zero-order chi connectivity index (χ0) is 37.2. The fourth-order valence-electron chi connectivity index (χ4n) is 8.37. The number of furan rings is 1. The predicted octanol–water partition coefficient (Wildman–Crippen LogP) is 5.95. The molecule has 6 aromatic carbocycles. The Morgan fingerprint density at radius 1 is 0.492 bits per heavy atom. The Morgan fingerprint density at radius 3 is 1.75 bits per heavy atom. The van der Waals surface area contributed by atoms with Gasteiger partial charge in [-0.2, -0.15) is 45.6 Å². The van der Waals surface area contributed by atoms with E-state index in [0.29, 0.717) is 11.3 Å². The Morgan fingerprint density at radius 2 is 1.05 bits per heavy atom. The number of benzene rings is 6. The summed E-state index contributed by atoms with van der Waals surface area (Å²) in [5.74, 6) is 3.52. The Kier molecular flexibility index (Phi) is 8.90. The van der Waals surface area contributed by atoms with Crippen LogP contribution in [0.1, 0.15) is 0 Å². The molecule has 0 atom stereocenters. The number of ether oxygens (including phenoxy) is 2. The van der Waals surface area contributed by atoms with Crippen LogP contribution in [0.25, 0.3) is 33.8 Å². The van der Waals surface area contributed by atoms with Gasteiger partial charge in [0.25, 0.3) is 0 Å². The van der Waals surface area contributed by atoms with Gasteiger partial charge in [0.05, 0.1) is 0 Å². The maximum atomic E-state index is 6.47. The number of nitrogens with zero attached hydrogens (tertiary/aromatic N) is 4. The first kappa shape index (κ1) is 36.9. The zero-order valence-corrected chi connectivity index (χ0v) is 36.3. The summed E-state index contributed by atoms with van der Waals surface area (Å²) in [7, 11) is 0. The quantitative estimate of drug-likeness (QED) is 0.160.